The smallest absolute Gasteiger partial charge is 0.340 e. The van der Waals surface area contributed by atoms with Crippen LogP contribution < -0.4 is 9.03 Å². The Hall–Kier alpha value is -1.60. The fourth-order valence-electron chi connectivity index (χ4n) is 1.44. The highest BCUT2D eigenvalue weighted by Crippen LogP contribution is 2.21. The molecular weight excluding hydrogens is 256 g/mol. The van der Waals surface area contributed by atoms with Gasteiger partial charge >= 0.3 is 16.2 Å². The third kappa shape index (κ3) is 2.99. The number of benzene rings is 1. The summed E-state index contributed by atoms with van der Waals surface area (Å²) in [5, 5.41) is 0. The number of esters is 1. The molecule has 7 heteroatoms. The van der Waals surface area contributed by atoms with Gasteiger partial charge in [-0.1, -0.05) is 19.1 Å². The number of nitrogens with one attached hydrogen (secondary N) is 1. The first-order chi connectivity index (χ1) is 8.44. The summed E-state index contributed by atoms with van der Waals surface area (Å²) in [5.41, 5.74) is 0.467. The van der Waals surface area contributed by atoms with E-state index in [9.17, 15) is 13.2 Å². The van der Waals surface area contributed by atoms with Crippen LogP contribution in [0.2, 0.25) is 0 Å². The molecule has 0 radical (unpaired) electrons. The van der Waals surface area contributed by atoms with Crippen molar-refractivity contribution in [1.29, 1.82) is 0 Å². The quantitative estimate of drug-likeness (QED) is 0.803. The van der Waals surface area contributed by atoms with E-state index in [2.05, 4.69) is 9.46 Å². The van der Waals surface area contributed by atoms with E-state index in [1.165, 1.54) is 20.2 Å². The summed E-state index contributed by atoms with van der Waals surface area (Å²) < 4.78 is 31.7. The fraction of sp³-hybridized carbons (Fsp3) is 0.364. The van der Waals surface area contributed by atoms with E-state index in [0.717, 1.165) is 4.31 Å². The summed E-state index contributed by atoms with van der Waals surface area (Å²) in [4.78, 5) is 11.6. The van der Waals surface area contributed by atoms with Gasteiger partial charge in [-0.3, -0.25) is 4.31 Å². The SMILES string of the molecule is CCNS(=O)(=O)N(C)c1ccccc1C(=O)OC. The average Bonchev–Trinajstić information content (AvgIpc) is 2.37. The molecule has 0 aliphatic carbocycles. The molecule has 0 aliphatic heterocycles. The van der Waals surface area contributed by atoms with E-state index >= 15 is 0 Å². The second-order valence-corrected chi connectivity index (χ2v) is 5.27. The van der Waals surface area contributed by atoms with Crippen molar-refractivity contribution < 1.29 is 17.9 Å². The van der Waals surface area contributed by atoms with E-state index in [4.69, 9.17) is 0 Å². The molecule has 100 valence electrons. The monoisotopic (exact) mass is 272 g/mol. The standard InChI is InChI=1S/C11H16N2O4S/c1-4-12-18(15,16)13(2)10-8-6-5-7-9(10)11(14)17-3/h5-8,12H,4H2,1-3H3. The fourth-order valence-corrected chi connectivity index (χ4v) is 2.42. The predicted molar refractivity (Wildman–Crippen MR) is 68.8 cm³/mol. The summed E-state index contributed by atoms with van der Waals surface area (Å²) in [7, 11) is -1.03. The van der Waals surface area contributed by atoms with Crippen LogP contribution in [0.1, 0.15) is 17.3 Å². The first-order valence-electron chi connectivity index (χ1n) is 5.35. The van der Waals surface area contributed by atoms with Crippen molar-refractivity contribution in [1.82, 2.24) is 4.72 Å². The third-order valence-corrected chi connectivity index (χ3v) is 3.91. The largest absolute Gasteiger partial charge is 0.465 e. The lowest BCUT2D eigenvalue weighted by atomic mass is 10.2. The lowest BCUT2D eigenvalue weighted by molar-refractivity contribution is 0.0601. The van der Waals surface area contributed by atoms with Gasteiger partial charge in [0.1, 0.15) is 0 Å². The number of hydrogen-bond donors (Lipinski definition) is 1. The van der Waals surface area contributed by atoms with Crippen molar-refractivity contribution in [2.45, 2.75) is 6.92 Å². The van der Waals surface area contributed by atoms with E-state index in [0.29, 0.717) is 0 Å². The maximum absolute atomic E-state index is 11.9. The van der Waals surface area contributed by atoms with Crippen LogP contribution in [-0.2, 0) is 14.9 Å². The molecule has 6 nitrogen and oxygen atoms in total. The van der Waals surface area contributed by atoms with E-state index in [-0.39, 0.29) is 17.8 Å². The minimum Gasteiger partial charge on any atom is -0.465 e. The zero-order valence-corrected chi connectivity index (χ0v) is 11.3. The van der Waals surface area contributed by atoms with Crippen LogP contribution in [-0.4, -0.2) is 35.1 Å². The number of rotatable bonds is 5. The lowest BCUT2D eigenvalue weighted by Crippen LogP contribution is -2.38. The molecule has 0 unspecified atom stereocenters. The van der Waals surface area contributed by atoms with Gasteiger partial charge in [0.25, 0.3) is 0 Å². The van der Waals surface area contributed by atoms with Crippen LogP contribution >= 0.6 is 0 Å². The Balaban J connectivity index is 3.21. The highest BCUT2D eigenvalue weighted by molar-refractivity contribution is 7.90. The molecule has 1 aromatic rings. The molecular formula is C11H16N2O4S. The molecule has 0 heterocycles. The summed E-state index contributed by atoms with van der Waals surface area (Å²) in [6, 6.07) is 6.35. The Bertz CT molecular complexity index is 528. The van der Waals surface area contributed by atoms with Gasteiger partial charge in [0.05, 0.1) is 18.4 Å². The molecule has 0 aromatic heterocycles. The van der Waals surface area contributed by atoms with E-state index in [1.54, 1.807) is 25.1 Å². The Morgan fingerprint density at radius 2 is 2.00 bits per heavy atom. The molecule has 1 rings (SSSR count). The van der Waals surface area contributed by atoms with Crippen LogP contribution in [0.5, 0.6) is 0 Å². The molecule has 0 amide bonds. The molecule has 1 aromatic carbocycles. The van der Waals surface area contributed by atoms with Gasteiger partial charge in [0, 0.05) is 13.6 Å². The van der Waals surface area contributed by atoms with Crippen LogP contribution in [0.15, 0.2) is 24.3 Å². The minimum atomic E-state index is -3.65. The number of ether oxygens (including phenoxy) is 1. The van der Waals surface area contributed by atoms with Crippen molar-refractivity contribution in [2.24, 2.45) is 0 Å². The first kappa shape index (κ1) is 14.5. The zero-order chi connectivity index (χ0) is 13.8. The molecule has 1 N–H and O–H groups in total. The molecule has 0 spiro atoms. The topological polar surface area (TPSA) is 75.7 Å². The third-order valence-electron chi connectivity index (χ3n) is 2.34. The first-order valence-corrected chi connectivity index (χ1v) is 6.79. The highest BCUT2D eigenvalue weighted by atomic mass is 32.2. The molecule has 0 saturated heterocycles. The van der Waals surface area contributed by atoms with Gasteiger partial charge in [0.15, 0.2) is 0 Å². The number of hydrogen-bond acceptors (Lipinski definition) is 4. The van der Waals surface area contributed by atoms with Gasteiger partial charge in [-0.05, 0) is 12.1 Å². The van der Waals surface area contributed by atoms with Crippen LogP contribution in [0.4, 0.5) is 5.69 Å². The van der Waals surface area contributed by atoms with Gasteiger partial charge in [0.2, 0.25) is 0 Å². The maximum atomic E-state index is 11.9. The zero-order valence-electron chi connectivity index (χ0n) is 10.5. The number of carbonyl (C=O) groups is 1. The van der Waals surface area contributed by atoms with Gasteiger partial charge in [-0.25, -0.2) is 4.79 Å². The van der Waals surface area contributed by atoms with Crippen molar-refractivity contribution >= 4 is 21.9 Å². The molecule has 0 fully saturated rings. The molecule has 0 bridgehead atoms. The second-order valence-electron chi connectivity index (χ2n) is 3.48. The van der Waals surface area contributed by atoms with Crippen molar-refractivity contribution in [3.05, 3.63) is 29.8 Å². The summed E-state index contributed by atoms with van der Waals surface area (Å²) in [6.45, 7) is 1.95. The average molecular weight is 272 g/mol. The summed E-state index contributed by atoms with van der Waals surface area (Å²) in [6.07, 6.45) is 0. The number of carbonyl (C=O) groups excluding carboxylic acids is 1. The number of anilines is 1. The molecule has 0 atom stereocenters. The maximum Gasteiger partial charge on any atom is 0.340 e. The summed E-state index contributed by atoms with van der Waals surface area (Å²) in [5.74, 6) is -0.579. The number of nitrogens with zero attached hydrogens (tertiary/aromatic N) is 1. The summed E-state index contributed by atoms with van der Waals surface area (Å²) >= 11 is 0. The molecule has 0 aliphatic rings. The normalized spacial score (nSPS) is 11.1. The Morgan fingerprint density at radius 1 is 1.39 bits per heavy atom. The molecule has 0 saturated carbocycles. The second kappa shape index (κ2) is 5.83. The van der Waals surface area contributed by atoms with Crippen LogP contribution in [0.3, 0.4) is 0 Å². The van der Waals surface area contributed by atoms with Gasteiger partial charge in [-0.15, -0.1) is 0 Å². The van der Waals surface area contributed by atoms with Gasteiger partial charge < -0.3 is 4.74 Å². The lowest BCUT2D eigenvalue weighted by Gasteiger charge is -2.21. The van der Waals surface area contributed by atoms with E-state index < -0.39 is 16.2 Å². The predicted octanol–water partition coefficient (Wildman–Crippen LogP) is 0.764. The number of methoxy groups -OCH3 is 1. The van der Waals surface area contributed by atoms with Crippen molar-refractivity contribution in [2.75, 3.05) is 25.0 Å². The Labute approximate surface area is 107 Å². The van der Waals surface area contributed by atoms with Crippen LogP contribution in [0, 0.1) is 0 Å². The minimum absolute atomic E-state index is 0.198. The van der Waals surface area contributed by atoms with Crippen molar-refractivity contribution in [3.63, 3.8) is 0 Å². The van der Waals surface area contributed by atoms with Gasteiger partial charge in [-0.2, -0.15) is 13.1 Å². The van der Waals surface area contributed by atoms with Crippen LogP contribution in [0.25, 0.3) is 0 Å². The van der Waals surface area contributed by atoms with E-state index in [1.807, 2.05) is 0 Å². The van der Waals surface area contributed by atoms with Crippen molar-refractivity contribution in [3.8, 4) is 0 Å². The Morgan fingerprint density at radius 3 is 2.56 bits per heavy atom. The molecule has 18 heavy (non-hydrogen) atoms. The Kier molecular flexibility index (Phi) is 4.69. The number of para-hydroxylation sites is 1. The highest BCUT2D eigenvalue weighted by Gasteiger charge is 2.22.